The van der Waals surface area contributed by atoms with Crippen LogP contribution in [0.2, 0.25) is 0 Å². The van der Waals surface area contributed by atoms with Crippen molar-refractivity contribution >= 4 is 11.6 Å². The van der Waals surface area contributed by atoms with Gasteiger partial charge in [-0.15, -0.1) is 0 Å². The van der Waals surface area contributed by atoms with E-state index in [9.17, 15) is 4.79 Å². The molecule has 25 heavy (non-hydrogen) atoms. The first-order valence-electron chi connectivity index (χ1n) is 10.4. The van der Waals surface area contributed by atoms with Crippen LogP contribution in [0.15, 0.2) is 24.3 Å². The van der Waals surface area contributed by atoms with Gasteiger partial charge in [0.15, 0.2) is 0 Å². The van der Waals surface area contributed by atoms with Gasteiger partial charge >= 0.3 is 0 Å². The van der Waals surface area contributed by atoms with Gasteiger partial charge in [0.05, 0.1) is 0 Å². The van der Waals surface area contributed by atoms with Gasteiger partial charge in [-0.1, -0.05) is 96.1 Å². The summed E-state index contributed by atoms with van der Waals surface area (Å²) >= 11 is 0. The molecule has 2 nitrogen and oxygen atoms in total. The first kappa shape index (κ1) is 21.7. The fraction of sp³-hybridized carbons (Fsp3) is 0.652. The summed E-state index contributed by atoms with van der Waals surface area (Å²) in [6, 6.07) is 7.67. The summed E-state index contributed by atoms with van der Waals surface area (Å²) in [5.41, 5.74) is 1.78. The molecule has 1 aromatic rings. The molecule has 1 amide bonds. The minimum Gasteiger partial charge on any atom is -0.326 e. The molecule has 141 valence electrons. The fourth-order valence-electron chi connectivity index (χ4n) is 3.18. The number of carbonyl (C=O) groups excluding carboxylic acids is 1. The number of nitrogens with one attached hydrogen (secondary N) is 1. The molecule has 0 spiro atoms. The van der Waals surface area contributed by atoms with Gasteiger partial charge < -0.3 is 5.32 Å². The van der Waals surface area contributed by atoms with Crippen LogP contribution < -0.4 is 5.32 Å². The molecule has 0 bridgehead atoms. The van der Waals surface area contributed by atoms with Crippen LogP contribution in [0.25, 0.3) is 0 Å². The third kappa shape index (κ3) is 12.7. The van der Waals surface area contributed by atoms with Gasteiger partial charge in [-0.25, -0.2) is 0 Å². The maximum atomic E-state index is 11.9. The maximum absolute atomic E-state index is 11.9. The molecule has 1 rings (SSSR count). The summed E-state index contributed by atoms with van der Waals surface area (Å²) in [5, 5.41) is 2.95. The van der Waals surface area contributed by atoms with Crippen molar-refractivity contribution in [2.24, 2.45) is 0 Å². The van der Waals surface area contributed by atoms with Crippen LogP contribution in [0, 0.1) is 6.92 Å². The Bertz CT molecular complexity index is 455. The van der Waals surface area contributed by atoms with Crippen molar-refractivity contribution in [2.75, 3.05) is 5.32 Å². The molecule has 0 aromatic heterocycles. The van der Waals surface area contributed by atoms with Crippen LogP contribution in [0.3, 0.4) is 0 Å². The number of benzene rings is 1. The predicted octanol–water partition coefficient (Wildman–Crippen LogP) is 7.29. The average Bonchev–Trinajstić information content (AvgIpc) is 2.59. The summed E-state index contributed by atoms with van der Waals surface area (Å²) in [7, 11) is 0. The van der Waals surface area contributed by atoms with E-state index in [0.29, 0.717) is 6.42 Å². The van der Waals surface area contributed by atoms with Crippen molar-refractivity contribution in [2.45, 2.75) is 96.8 Å². The first-order valence-corrected chi connectivity index (χ1v) is 10.4. The summed E-state index contributed by atoms with van der Waals surface area (Å²) < 4.78 is 0. The summed E-state index contributed by atoms with van der Waals surface area (Å²) in [6.45, 7) is 6.15. The van der Waals surface area contributed by atoms with Gasteiger partial charge in [0.1, 0.15) is 0 Å². The van der Waals surface area contributed by atoms with Gasteiger partial charge in [-0.2, -0.15) is 0 Å². The molecule has 0 atom stereocenters. The van der Waals surface area contributed by atoms with Crippen LogP contribution in [-0.4, -0.2) is 5.91 Å². The van der Waals surface area contributed by atoms with Crippen molar-refractivity contribution in [1.29, 1.82) is 0 Å². The van der Waals surface area contributed by atoms with E-state index in [4.69, 9.17) is 0 Å². The monoisotopic (exact) mass is 344 g/mol. The number of anilines is 1. The zero-order valence-electron chi connectivity index (χ0n) is 16.3. The van der Waals surface area contributed by atoms with E-state index in [2.05, 4.69) is 19.2 Å². The van der Waals surface area contributed by atoms with Crippen LogP contribution >= 0.6 is 0 Å². The maximum Gasteiger partial charge on any atom is 0.224 e. The largest absolute Gasteiger partial charge is 0.326 e. The van der Waals surface area contributed by atoms with E-state index in [-0.39, 0.29) is 5.91 Å². The lowest BCUT2D eigenvalue weighted by atomic mass is 10.0. The highest BCUT2D eigenvalue weighted by Gasteiger charge is 2.02. The Morgan fingerprint density at radius 3 is 1.88 bits per heavy atom. The van der Waals surface area contributed by atoms with Crippen molar-refractivity contribution in [3.63, 3.8) is 0 Å². The Kier molecular flexibility index (Phi) is 13.0. The Labute approximate surface area is 155 Å². The van der Waals surface area contributed by atoms with E-state index in [1.54, 1.807) is 0 Å². The second-order valence-electron chi connectivity index (χ2n) is 7.24. The minimum absolute atomic E-state index is 0.119. The van der Waals surface area contributed by atoms with E-state index in [1.165, 1.54) is 77.0 Å². The standard InChI is InChI=1S/C23H38NO/c1-3-4-5-6-7-8-9-10-11-12-13-14-15-19-23(25)24-22-18-16-17-21(2)20-22/h16-18,20H,2-15,19H2,1H3,(H,24,25). The van der Waals surface area contributed by atoms with Crippen LogP contribution in [0.1, 0.15) is 102 Å². The second kappa shape index (κ2) is 15.0. The molecule has 2 heteroatoms. The highest BCUT2D eigenvalue weighted by Crippen LogP contribution is 2.14. The highest BCUT2D eigenvalue weighted by atomic mass is 16.1. The van der Waals surface area contributed by atoms with E-state index >= 15 is 0 Å². The SMILES string of the molecule is [CH2]c1cccc(NC(=O)CCCCCCCCCCCCCCC)c1. The van der Waals surface area contributed by atoms with Crippen LogP contribution in [-0.2, 0) is 4.79 Å². The normalized spacial score (nSPS) is 10.8. The number of hydrogen-bond donors (Lipinski definition) is 1. The Morgan fingerprint density at radius 1 is 0.840 bits per heavy atom. The molecule has 1 radical (unpaired) electrons. The van der Waals surface area contributed by atoms with Gasteiger partial charge in [0.25, 0.3) is 0 Å². The van der Waals surface area contributed by atoms with Gasteiger partial charge in [-0.3, -0.25) is 4.79 Å². The average molecular weight is 345 g/mol. The van der Waals surface area contributed by atoms with Gasteiger partial charge in [0, 0.05) is 12.1 Å². The molecule has 1 aromatic carbocycles. The molecule has 0 aliphatic heterocycles. The third-order valence-corrected chi connectivity index (χ3v) is 4.72. The Morgan fingerprint density at radius 2 is 1.36 bits per heavy atom. The quantitative estimate of drug-likeness (QED) is 0.332. The van der Waals surface area contributed by atoms with E-state index in [1.807, 2.05) is 24.3 Å². The molecule has 0 saturated heterocycles. The summed E-state index contributed by atoms with van der Waals surface area (Å²) in [5.74, 6) is 0.119. The molecule has 0 aliphatic rings. The Balaban J connectivity index is 1.86. The lowest BCUT2D eigenvalue weighted by Crippen LogP contribution is -2.11. The number of carbonyl (C=O) groups is 1. The number of unbranched alkanes of at least 4 members (excludes halogenated alkanes) is 12. The zero-order chi connectivity index (χ0) is 18.2. The zero-order valence-corrected chi connectivity index (χ0v) is 16.3. The smallest absolute Gasteiger partial charge is 0.224 e. The van der Waals surface area contributed by atoms with E-state index < -0.39 is 0 Å². The summed E-state index contributed by atoms with van der Waals surface area (Å²) in [6.07, 6.45) is 17.9. The minimum atomic E-state index is 0.119. The Hall–Kier alpha value is -1.31. The molecule has 0 heterocycles. The molecule has 0 aliphatic carbocycles. The van der Waals surface area contributed by atoms with Crippen molar-refractivity contribution in [3.05, 3.63) is 36.8 Å². The topological polar surface area (TPSA) is 29.1 Å². The number of hydrogen-bond acceptors (Lipinski definition) is 1. The first-order chi connectivity index (χ1) is 12.2. The second-order valence-corrected chi connectivity index (χ2v) is 7.24. The number of rotatable bonds is 15. The van der Waals surface area contributed by atoms with Crippen molar-refractivity contribution < 1.29 is 4.79 Å². The van der Waals surface area contributed by atoms with Crippen LogP contribution in [0.5, 0.6) is 0 Å². The lowest BCUT2D eigenvalue weighted by Gasteiger charge is -2.06. The molecule has 1 N–H and O–H groups in total. The van der Waals surface area contributed by atoms with Gasteiger partial charge in [0.2, 0.25) is 5.91 Å². The molecule has 0 saturated carbocycles. The summed E-state index contributed by atoms with van der Waals surface area (Å²) in [4.78, 5) is 11.9. The van der Waals surface area contributed by atoms with Crippen molar-refractivity contribution in [3.8, 4) is 0 Å². The van der Waals surface area contributed by atoms with E-state index in [0.717, 1.165) is 17.7 Å². The van der Waals surface area contributed by atoms with Crippen molar-refractivity contribution in [1.82, 2.24) is 0 Å². The predicted molar refractivity (Wildman–Crippen MR) is 110 cm³/mol. The van der Waals surface area contributed by atoms with Gasteiger partial charge in [-0.05, 0) is 31.0 Å². The van der Waals surface area contributed by atoms with Crippen LogP contribution in [0.4, 0.5) is 5.69 Å². The molecular formula is C23H38NO. The number of amides is 1. The third-order valence-electron chi connectivity index (χ3n) is 4.72. The molecular weight excluding hydrogens is 306 g/mol. The molecule has 0 unspecified atom stereocenters. The highest BCUT2D eigenvalue weighted by molar-refractivity contribution is 5.90. The molecule has 0 fully saturated rings. The fourth-order valence-corrected chi connectivity index (χ4v) is 3.18. The lowest BCUT2D eigenvalue weighted by molar-refractivity contribution is -0.116.